The molecule has 0 amide bonds. The molecule has 0 spiro atoms. The number of nitrogens with zero attached hydrogens (tertiary/aromatic N) is 1. The summed E-state index contributed by atoms with van der Waals surface area (Å²) in [4.78, 5) is 4.52. The van der Waals surface area contributed by atoms with E-state index in [1.165, 1.54) is 0 Å². The molecule has 4 heteroatoms. The predicted octanol–water partition coefficient (Wildman–Crippen LogP) is 4.93. The van der Waals surface area contributed by atoms with E-state index in [0.29, 0.717) is 17.1 Å². The number of halogens is 2. The van der Waals surface area contributed by atoms with Crippen LogP contribution in [-0.2, 0) is 6.42 Å². The van der Waals surface area contributed by atoms with Crippen LogP contribution in [-0.4, -0.2) is 10.1 Å². The predicted molar refractivity (Wildman–Crippen MR) is 89.6 cm³/mol. The summed E-state index contributed by atoms with van der Waals surface area (Å²) in [6, 6.07) is 17.4. The normalized spacial score (nSPS) is 12.5. The Balaban J connectivity index is 1.87. The summed E-state index contributed by atoms with van der Waals surface area (Å²) in [7, 11) is 0. The molecule has 0 saturated heterocycles. The first-order valence-electron chi connectivity index (χ1n) is 6.61. The van der Waals surface area contributed by atoms with Crippen LogP contribution >= 0.6 is 27.5 Å². The smallest absolute Gasteiger partial charge is 0.100 e. The number of para-hydroxylation sites is 1. The Hall–Kier alpha value is -1.42. The third-order valence-corrected chi connectivity index (χ3v) is 4.23. The quantitative estimate of drug-likeness (QED) is 0.717. The zero-order chi connectivity index (χ0) is 14.8. The van der Waals surface area contributed by atoms with Crippen molar-refractivity contribution in [2.75, 3.05) is 0 Å². The van der Waals surface area contributed by atoms with Gasteiger partial charge in [0, 0.05) is 21.3 Å². The lowest BCUT2D eigenvalue weighted by atomic mass is 10.0. The summed E-state index contributed by atoms with van der Waals surface area (Å²) < 4.78 is 0.926. The van der Waals surface area contributed by atoms with Gasteiger partial charge in [-0.3, -0.25) is 4.98 Å². The van der Waals surface area contributed by atoms with Crippen LogP contribution in [0.25, 0.3) is 10.9 Å². The number of fused-ring (bicyclic) bond motifs is 1. The number of aromatic nitrogens is 1. The Morgan fingerprint density at radius 3 is 2.71 bits per heavy atom. The van der Waals surface area contributed by atoms with Crippen molar-refractivity contribution in [3.63, 3.8) is 0 Å². The Kier molecular flexibility index (Phi) is 4.24. The van der Waals surface area contributed by atoms with Crippen molar-refractivity contribution in [2.24, 2.45) is 0 Å². The molecule has 0 saturated carbocycles. The van der Waals surface area contributed by atoms with E-state index in [9.17, 15) is 5.11 Å². The van der Waals surface area contributed by atoms with E-state index in [1.54, 1.807) is 0 Å². The molecule has 106 valence electrons. The second kappa shape index (κ2) is 6.14. The van der Waals surface area contributed by atoms with Crippen LogP contribution in [0.5, 0.6) is 0 Å². The van der Waals surface area contributed by atoms with Gasteiger partial charge in [0.15, 0.2) is 0 Å². The molecule has 1 aromatic heterocycles. The molecule has 2 nitrogen and oxygen atoms in total. The first-order chi connectivity index (χ1) is 10.1. The summed E-state index contributed by atoms with van der Waals surface area (Å²) in [5.41, 5.74) is 2.45. The summed E-state index contributed by atoms with van der Waals surface area (Å²) in [5.74, 6) is 0. The van der Waals surface area contributed by atoms with Gasteiger partial charge in [0.1, 0.15) is 6.10 Å². The van der Waals surface area contributed by atoms with Gasteiger partial charge in [-0.15, -0.1) is 0 Å². The maximum absolute atomic E-state index is 10.4. The van der Waals surface area contributed by atoms with Crippen LogP contribution in [0.3, 0.4) is 0 Å². The van der Waals surface area contributed by atoms with Crippen molar-refractivity contribution in [3.05, 3.63) is 75.4 Å². The third-order valence-electron chi connectivity index (χ3n) is 3.39. The van der Waals surface area contributed by atoms with E-state index in [2.05, 4.69) is 20.9 Å². The molecule has 0 radical (unpaired) electrons. The Morgan fingerprint density at radius 1 is 1.10 bits per heavy atom. The number of rotatable bonds is 3. The summed E-state index contributed by atoms with van der Waals surface area (Å²) in [5, 5.41) is 12.1. The van der Waals surface area contributed by atoms with Crippen LogP contribution in [0.1, 0.15) is 17.4 Å². The fourth-order valence-electron chi connectivity index (χ4n) is 2.27. The standard InChI is InChI=1S/C17H13BrClNO/c18-13-7-5-12(14(19)10-13)9-17(21)16-8-6-11-3-1-2-4-15(11)20-16/h1-8,10,17,21H,9H2. The van der Waals surface area contributed by atoms with E-state index in [0.717, 1.165) is 20.9 Å². The van der Waals surface area contributed by atoms with Crippen LogP contribution in [0.15, 0.2) is 59.1 Å². The highest BCUT2D eigenvalue weighted by atomic mass is 79.9. The topological polar surface area (TPSA) is 33.1 Å². The lowest BCUT2D eigenvalue weighted by Gasteiger charge is -2.12. The van der Waals surface area contributed by atoms with Crippen LogP contribution in [0, 0.1) is 0 Å². The van der Waals surface area contributed by atoms with Gasteiger partial charge in [-0.25, -0.2) is 0 Å². The maximum Gasteiger partial charge on any atom is 0.100 e. The van der Waals surface area contributed by atoms with E-state index in [-0.39, 0.29) is 0 Å². The monoisotopic (exact) mass is 361 g/mol. The minimum absolute atomic E-state index is 0.442. The van der Waals surface area contributed by atoms with Crippen molar-refractivity contribution < 1.29 is 5.11 Å². The first-order valence-corrected chi connectivity index (χ1v) is 7.78. The molecule has 0 aliphatic heterocycles. The molecule has 3 rings (SSSR count). The minimum atomic E-state index is -0.673. The van der Waals surface area contributed by atoms with Crippen molar-refractivity contribution in [1.82, 2.24) is 4.98 Å². The molecule has 0 aliphatic carbocycles. The second-order valence-electron chi connectivity index (χ2n) is 4.88. The molecule has 3 aromatic rings. The molecule has 1 heterocycles. The number of hydrogen-bond acceptors (Lipinski definition) is 2. The zero-order valence-corrected chi connectivity index (χ0v) is 13.5. The molecule has 21 heavy (non-hydrogen) atoms. The molecular weight excluding hydrogens is 350 g/mol. The lowest BCUT2D eigenvalue weighted by molar-refractivity contribution is 0.174. The summed E-state index contributed by atoms with van der Waals surface area (Å²) in [6.45, 7) is 0. The van der Waals surface area contributed by atoms with Gasteiger partial charge >= 0.3 is 0 Å². The molecular formula is C17H13BrClNO. The van der Waals surface area contributed by atoms with Crippen molar-refractivity contribution in [3.8, 4) is 0 Å². The summed E-state index contributed by atoms with van der Waals surface area (Å²) >= 11 is 9.57. The highest BCUT2D eigenvalue weighted by Crippen LogP contribution is 2.26. The fraction of sp³-hybridized carbons (Fsp3) is 0.118. The van der Waals surface area contributed by atoms with Crippen LogP contribution in [0.4, 0.5) is 0 Å². The van der Waals surface area contributed by atoms with E-state index in [4.69, 9.17) is 11.6 Å². The third kappa shape index (κ3) is 3.26. The second-order valence-corrected chi connectivity index (χ2v) is 6.21. The lowest BCUT2D eigenvalue weighted by Crippen LogP contribution is -2.04. The van der Waals surface area contributed by atoms with Crippen LogP contribution in [0.2, 0.25) is 5.02 Å². The molecule has 1 unspecified atom stereocenters. The molecule has 2 aromatic carbocycles. The maximum atomic E-state index is 10.4. The van der Waals surface area contributed by atoms with E-state index < -0.39 is 6.10 Å². The molecule has 0 bridgehead atoms. The Morgan fingerprint density at radius 2 is 1.90 bits per heavy atom. The van der Waals surface area contributed by atoms with E-state index >= 15 is 0 Å². The number of aliphatic hydroxyl groups excluding tert-OH is 1. The van der Waals surface area contributed by atoms with Crippen LogP contribution < -0.4 is 0 Å². The molecule has 1 N–H and O–H groups in total. The number of pyridine rings is 1. The number of aliphatic hydroxyl groups is 1. The molecule has 0 aliphatic rings. The summed E-state index contributed by atoms with van der Waals surface area (Å²) in [6.07, 6.45) is -0.231. The molecule has 1 atom stereocenters. The SMILES string of the molecule is OC(Cc1ccc(Br)cc1Cl)c1ccc2ccccc2n1. The largest absolute Gasteiger partial charge is 0.386 e. The Labute approximate surface area is 136 Å². The van der Waals surface area contributed by atoms with Crippen molar-refractivity contribution in [1.29, 1.82) is 0 Å². The van der Waals surface area contributed by atoms with Gasteiger partial charge in [0.25, 0.3) is 0 Å². The Bertz CT molecular complexity index is 791. The fourth-order valence-corrected chi connectivity index (χ4v) is 3.02. The van der Waals surface area contributed by atoms with Gasteiger partial charge in [0.2, 0.25) is 0 Å². The number of benzene rings is 2. The highest BCUT2D eigenvalue weighted by molar-refractivity contribution is 9.10. The van der Waals surface area contributed by atoms with Gasteiger partial charge in [0.05, 0.1) is 11.2 Å². The highest BCUT2D eigenvalue weighted by Gasteiger charge is 2.13. The van der Waals surface area contributed by atoms with E-state index in [1.807, 2.05) is 54.6 Å². The average Bonchev–Trinajstić information content (AvgIpc) is 2.49. The van der Waals surface area contributed by atoms with Gasteiger partial charge < -0.3 is 5.11 Å². The van der Waals surface area contributed by atoms with Gasteiger partial charge in [-0.1, -0.05) is 57.9 Å². The van der Waals surface area contributed by atoms with Gasteiger partial charge in [-0.2, -0.15) is 0 Å². The van der Waals surface area contributed by atoms with Crippen molar-refractivity contribution >= 4 is 38.4 Å². The number of hydrogen-bond donors (Lipinski definition) is 1. The minimum Gasteiger partial charge on any atom is -0.386 e. The first kappa shape index (κ1) is 14.5. The zero-order valence-electron chi connectivity index (χ0n) is 11.1. The van der Waals surface area contributed by atoms with Gasteiger partial charge in [-0.05, 0) is 29.8 Å². The molecule has 0 fully saturated rings. The van der Waals surface area contributed by atoms with Crippen molar-refractivity contribution in [2.45, 2.75) is 12.5 Å². The average molecular weight is 363 g/mol.